The van der Waals surface area contributed by atoms with Gasteiger partial charge in [0.15, 0.2) is 0 Å². The van der Waals surface area contributed by atoms with Crippen LogP contribution in [0.2, 0.25) is 0 Å². The van der Waals surface area contributed by atoms with Crippen LogP contribution in [-0.2, 0) is 0 Å². The molecule has 56 valence electrons. The fraction of sp³-hybridized carbons (Fsp3) is 1.00. The number of nitrogens with one attached hydrogen (secondary N) is 1. The Kier molecular flexibility index (Phi) is 4.14. The molecule has 1 saturated heterocycles. The maximum atomic E-state index is 5.58. The molecule has 9 heavy (non-hydrogen) atoms. The Labute approximate surface area is 61.6 Å². The summed E-state index contributed by atoms with van der Waals surface area (Å²) in [6, 6.07) is 0.329. The maximum Gasteiger partial charge on any atom is 0.0547 e. The van der Waals surface area contributed by atoms with Gasteiger partial charge in [-0.2, -0.15) is 0 Å². The fourth-order valence-electron chi connectivity index (χ4n) is 0.901. The van der Waals surface area contributed by atoms with Crippen molar-refractivity contribution in [1.29, 1.82) is 0 Å². The Hall–Kier alpha value is 0.170. The molecular formula is C5H14ClN3. The van der Waals surface area contributed by atoms with Gasteiger partial charge in [-0.3, -0.25) is 0 Å². The highest BCUT2D eigenvalue weighted by molar-refractivity contribution is 5.85. The lowest BCUT2D eigenvalue weighted by atomic mass is 10.1. The van der Waals surface area contributed by atoms with E-state index in [1.807, 2.05) is 0 Å². The average molecular weight is 152 g/mol. The quantitative estimate of drug-likeness (QED) is 0.434. The van der Waals surface area contributed by atoms with Crippen LogP contribution in [0.4, 0.5) is 0 Å². The van der Waals surface area contributed by atoms with Crippen molar-refractivity contribution in [1.82, 2.24) is 5.32 Å². The first kappa shape index (κ1) is 9.17. The summed E-state index contributed by atoms with van der Waals surface area (Å²) >= 11 is 0. The Morgan fingerprint density at radius 3 is 2.22 bits per heavy atom. The van der Waals surface area contributed by atoms with E-state index in [0.717, 1.165) is 19.4 Å². The summed E-state index contributed by atoms with van der Waals surface area (Å²) in [6.45, 7) is 0.876. The van der Waals surface area contributed by atoms with E-state index in [9.17, 15) is 0 Å². The van der Waals surface area contributed by atoms with Gasteiger partial charge in [-0.05, 0) is 12.8 Å². The summed E-state index contributed by atoms with van der Waals surface area (Å²) < 4.78 is 0. The molecule has 1 heterocycles. The molecule has 3 nitrogen and oxygen atoms in total. The Balaban J connectivity index is 0.000000640. The Bertz CT molecular complexity index is 60.6. The largest absolute Gasteiger partial charge is 0.327 e. The fourth-order valence-corrected chi connectivity index (χ4v) is 0.901. The SMILES string of the molecule is Cl.NC1CCC(N)NC1. The van der Waals surface area contributed by atoms with Gasteiger partial charge in [-0.15, -0.1) is 12.4 Å². The van der Waals surface area contributed by atoms with E-state index in [2.05, 4.69) is 5.32 Å². The van der Waals surface area contributed by atoms with Crippen LogP contribution >= 0.6 is 12.4 Å². The first-order valence-electron chi connectivity index (χ1n) is 3.03. The van der Waals surface area contributed by atoms with Crippen molar-refractivity contribution in [2.45, 2.75) is 25.0 Å². The topological polar surface area (TPSA) is 64.1 Å². The van der Waals surface area contributed by atoms with Crippen molar-refractivity contribution in [2.75, 3.05) is 6.54 Å². The van der Waals surface area contributed by atoms with Gasteiger partial charge in [0.25, 0.3) is 0 Å². The molecule has 0 aromatic rings. The predicted molar refractivity (Wildman–Crippen MR) is 40.4 cm³/mol. The molecule has 1 rings (SSSR count). The van der Waals surface area contributed by atoms with Crippen LogP contribution in [0.15, 0.2) is 0 Å². The van der Waals surface area contributed by atoms with Crippen molar-refractivity contribution in [3.63, 3.8) is 0 Å². The van der Waals surface area contributed by atoms with Gasteiger partial charge in [-0.1, -0.05) is 0 Å². The molecule has 0 bridgehead atoms. The molecule has 0 aromatic heterocycles. The average Bonchev–Trinajstić information content (AvgIpc) is 1.77. The van der Waals surface area contributed by atoms with E-state index in [1.54, 1.807) is 0 Å². The first-order valence-corrected chi connectivity index (χ1v) is 3.03. The van der Waals surface area contributed by atoms with Crippen molar-refractivity contribution < 1.29 is 0 Å². The van der Waals surface area contributed by atoms with Crippen LogP contribution < -0.4 is 16.8 Å². The summed E-state index contributed by atoms with van der Waals surface area (Å²) in [4.78, 5) is 0. The number of halogens is 1. The minimum Gasteiger partial charge on any atom is -0.327 e. The summed E-state index contributed by atoms with van der Waals surface area (Å²) in [5.74, 6) is 0. The third-order valence-corrected chi connectivity index (χ3v) is 1.49. The van der Waals surface area contributed by atoms with Crippen molar-refractivity contribution >= 4 is 12.4 Å². The highest BCUT2D eigenvalue weighted by Gasteiger charge is 2.12. The molecule has 0 aliphatic carbocycles. The number of hydrogen-bond acceptors (Lipinski definition) is 3. The molecular weight excluding hydrogens is 138 g/mol. The molecule has 0 aromatic carbocycles. The standard InChI is InChI=1S/C5H13N3.ClH/c6-4-1-2-5(7)8-3-4;/h4-5,8H,1-3,6-7H2;1H. The van der Waals surface area contributed by atoms with Gasteiger partial charge >= 0.3 is 0 Å². The van der Waals surface area contributed by atoms with E-state index in [-0.39, 0.29) is 18.6 Å². The van der Waals surface area contributed by atoms with Gasteiger partial charge in [-0.25, -0.2) is 0 Å². The molecule has 1 aliphatic rings. The van der Waals surface area contributed by atoms with Crippen molar-refractivity contribution in [3.05, 3.63) is 0 Å². The van der Waals surface area contributed by atoms with Crippen LogP contribution in [0.1, 0.15) is 12.8 Å². The van der Waals surface area contributed by atoms with E-state index in [1.165, 1.54) is 0 Å². The van der Waals surface area contributed by atoms with E-state index in [0.29, 0.717) is 6.04 Å². The second kappa shape index (κ2) is 4.06. The third-order valence-electron chi connectivity index (χ3n) is 1.49. The van der Waals surface area contributed by atoms with Crippen molar-refractivity contribution in [2.24, 2.45) is 11.5 Å². The van der Waals surface area contributed by atoms with Crippen molar-refractivity contribution in [3.8, 4) is 0 Å². The lowest BCUT2D eigenvalue weighted by molar-refractivity contribution is 0.373. The zero-order valence-electron chi connectivity index (χ0n) is 5.34. The summed E-state index contributed by atoms with van der Waals surface area (Å²) in [6.07, 6.45) is 2.27. The van der Waals surface area contributed by atoms with Gasteiger partial charge in [0.1, 0.15) is 0 Å². The van der Waals surface area contributed by atoms with Gasteiger partial charge in [0.05, 0.1) is 6.17 Å². The monoisotopic (exact) mass is 151 g/mol. The smallest absolute Gasteiger partial charge is 0.0547 e. The molecule has 1 aliphatic heterocycles. The molecule has 0 radical (unpaired) electrons. The first-order chi connectivity index (χ1) is 3.79. The van der Waals surface area contributed by atoms with Crippen LogP contribution in [0.5, 0.6) is 0 Å². The van der Waals surface area contributed by atoms with E-state index < -0.39 is 0 Å². The molecule has 0 saturated carbocycles. The van der Waals surface area contributed by atoms with Crippen LogP contribution in [0.25, 0.3) is 0 Å². The second-order valence-electron chi connectivity index (χ2n) is 2.35. The minimum atomic E-state index is 0. The zero-order chi connectivity index (χ0) is 5.98. The summed E-state index contributed by atoms with van der Waals surface area (Å²) in [7, 11) is 0. The highest BCUT2D eigenvalue weighted by atomic mass is 35.5. The summed E-state index contributed by atoms with van der Waals surface area (Å²) in [5.41, 5.74) is 11.1. The summed E-state index contributed by atoms with van der Waals surface area (Å²) in [5, 5.41) is 3.08. The molecule has 2 atom stereocenters. The van der Waals surface area contributed by atoms with Crippen LogP contribution in [-0.4, -0.2) is 18.8 Å². The number of nitrogens with two attached hydrogens (primary N) is 2. The molecule has 0 amide bonds. The molecule has 4 heteroatoms. The molecule has 5 N–H and O–H groups in total. The predicted octanol–water partition coefficient (Wildman–Crippen LogP) is -0.596. The number of piperidine rings is 1. The number of rotatable bonds is 0. The lowest BCUT2D eigenvalue weighted by Gasteiger charge is -2.24. The normalized spacial score (nSPS) is 35.3. The molecule has 1 fully saturated rings. The molecule has 2 unspecified atom stereocenters. The Morgan fingerprint density at radius 2 is 1.89 bits per heavy atom. The number of hydrogen-bond donors (Lipinski definition) is 3. The Morgan fingerprint density at radius 1 is 1.22 bits per heavy atom. The zero-order valence-corrected chi connectivity index (χ0v) is 6.16. The third kappa shape index (κ3) is 3.01. The minimum absolute atomic E-state index is 0. The van der Waals surface area contributed by atoms with Gasteiger partial charge in [0, 0.05) is 12.6 Å². The van der Waals surface area contributed by atoms with Gasteiger partial charge < -0.3 is 16.8 Å². The van der Waals surface area contributed by atoms with Crippen LogP contribution in [0, 0.1) is 0 Å². The lowest BCUT2D eigenvalue weighted by Crippen LogP contribution is -2.49. The second-order valence-corrected chi connectivity index (χ2v) is 2.35. The highest BCUT2D eigenvalue weighted by Crippen LogP contribution is 2.00. The van der Waals surface area contributed by atoms with Crippen LogP contribution in [0.3, 0.4) is 0 Å². The van der Waals surface area contributed by atoms with Gasteiger partial charge in [0.2, 0.25) is 0 Å². The molecule has 0 spiro atoms. The van der Waals surface area contributed by atoms with E-state index >= 15 is 0 Å². The van der Waals surface area contributed by atoms with E-state index in [4.69, 9.17) is 11.5 Å². The maximum absolute atomic E-state index is 5.58.